The molecule has 124 valence electrons. The van der Waals surface area contributed by atoms with Gasteiger partial charge in [0.25, 0.3) is 0 Å². The third-order valence-electron chi connectivity index (χ3n) is 4.85. The molecular formula is C18H23N4OP+2. The molecule has 4 rings (SSSR count). The molecule has 6 heteroatoms. The maximum Gasteiger partial charge on any atom is 0.332 e. The summed E-state index contributed by atoms with van der Waals surface area (Å²) in [5.74, 6) is 0. The summed E-state index contributed by atoms with van der Waals surface area (Å²) in [4.78, 5) is 0. The summed E-state index contributed by atoms with van der Waals surface area (Å²) in [6.45, 7) is 6.20. The van der Waals surface area contributed by atoms with E-state index < -0.39 is 12.3 Å². The number of nitrogens with zero attached hydrogens (tertiary/aromatic N) is 4. The lowest BCUT2D eigenvalue weighted by atomic mass is 10.2. The summed E-state index contributed by atoms with van der Waals surface area (Å²) in [6, 6.07) is 8.22. The second kappa shape index (κ2) is 4.70. The minimum Gasteiger partial charge on any atom is -0.297 e. The lowest BCUT2D eigenvalue weighted by Gasteiger charge is -2.25. The van der Waals surface area contributed by atoms with Gasteiger partial charge in [0.05, 0.1) is 14.1 Å². The number of imidazole rings is 2. The highest BCUT2D eigenvalue weighted by Gasteiger charge is 2.58. The Bertz CT molecular complexity index is 935. The average Bonchev–Trinajstić information content (AvgIpc) is 3.06. The van der Waals surface area contributed by atoms with Crippen LogP contribution < -0.4 is 20.3 Å². The predicted octanol–water partition coefficient (Wildman–Crippen LogP) is 1.34. The Kier molecular flexibility index (Phi) is 3.02. The molecule has 0 spiro atoms. The highest BCUT2D eigenvalue weighted by Crippen LogP contribution is 2.55. The molecule has 24 heavy (non-hydrogen) atoms. The first-order valence-electron chi connectivity index (χ1n) is 8.12. The summed E-state index contributed by atoms with van der Waals surface area (Å²) < 4.78 is 22.9. The van der Waals surface area contributed by atoms with E-state index in [2.05, 4.69) is 42.0 Å². The Balaban J connectivity index is 2.28. The summed E-state index contributed by atoms with van der Waals surface area (Å²) in [5.41, 5.74) is 3.81. The first-order valence-corrected chi connectivity index (χ1v) is 9.82. The highest BCUT2D eigenvalue weighted by molar-refractivity contribution is 7.78. The van der Waals surface area contributed by atoms with Crippen molar-refractivity contribution >= 4 is 18.3 Å². The number of para-hydroxylation sites is 2. The van der Waals surface area contributed by atoms with Gasteiger partial charge in [-0.25, -0.2) is 9.13 Å². The van der Waals surface area contributed by atoms with E-state index in [-0.39, 0.29) is 0 Å². The molecule has 0 radical (unpaired) electrons. The van der Waals surface area contributed by atoms with Gasteiger partial charge in [0.1, 0.15) is 24.8 Å². The molecule has 0 fully saturated rings. The fourth-order valence-electron chi connectivity index (χ4n) is 3.62. The van der Waals surface area contributed by atoms with Crippen molar-refractivity contribution < 1.29 is 13.7 Å². The third kappa shape index (κ3) is 1.73. The zero-order valence-electron chi connectivity index (χ0n) is 14.8. The van der Waals surface area contributed by atoms with E-state index in [1.807, 2.05) is 60.1 Å². The Morgan fingerprint density at radius 3 is 1.67 bits per heavy atom. The van der Waals surface area contributed by atoms with Crippen LogP contribution in [0.25, 0.3) is 11.4 Å². The minimum atomic E-state index is -2.93. The normalized spacial score (nSPS) is 15.4. The molecule has 3 aromatic rings. The number of fused-ring (bicyclic) bond motifs is 5. The maximum atomic E-state index is 14.7. The zero-order valence-corrected chi connectivity index (χ0v) is 15.7. The Labute approximate surface area is 142 Å². The van der Waals surface area contributed by atoms with Crippen LogP contribution in [0, 0.1) is 0 Å². The summed E-state index contributed by atoms with van der Waals surface area (Å²) in [7, 11) is 1.02. The molecule has 0 atom stereocenters. The molecule has 0 unspecified atom stereocenters. The molecule has 1 aliphatic heterocycles. The van der Waals surface area contributed by atoms with Crippen LogP contribution in [0.2, 0.25) is 0 Å². The van der Waals surface area contributed by atoms with Crippen LogP contribution in [0.4, 0.5) is 0 Å². The molecule has 0 saturated carbocycles. The van der Waals surface area contributed by atoms with Crippen molar-refractivity contribution in [1.82, 2.24) is 9.13 Å². The van der Waals surface area contributed by atoms with Crippen molar-refractivity contribution in [3.63, 3.8) is 0 Å². The van der Waals surface area contributed by atoms with Crippen LogP contribution in [-0.2, 0) is 18.7 Å². The van der Waals surface area contributed by atoms with Crippen molar-refractivity contribution in [2.75, 3.05) is 0 Å². The Morgan fingerprint density at radius 2 is 1.29 bits per heavy atom. The van der Waals surface area contributed by atoms with E-state index in [1.165, 1.54) is 0 Å². The van der Waals surface area contributed by atoms with E-state index in [0.29, 0.717) is 0 Å². The standard InChI is InChI=1S/C18H23N4OP/c1-18(2,3)24(23)16-19(4)10-12-21(16)14-8-6-7-9-15(14)22-13-11-20(5)17(22)24/h6-13H,1-5H3/q+2. The first kappa shape index (κ1) is 15.4. The van der Waals surface area contributed by atoms with E-state index >= 15 is 0 Å². The maximum absolute atomic E-state index is 14.7. The molecule has 5 nitrogen and oxygen atoms in total. The molecule has 0 N–H and O–H groups in total. The minimum absolute atomic E-state index is 0.406. The molecule has 2 aromatic heterocycles. The van der Waals surface area contributed by atoms with Gasteiger partial charge in [-0.1, -0.05) is 32.9 Å². The van der Waals surface area contributed by atoms with Crippen LogP contribution in [0.1, 0.15) is 20.8 Å². The van der Waals surface area contributed by atoms with Gasteiger partial charge in [-0.15, -0.1) is 0 Å². The number of aromatic nitrogens is 4. The van der Waals surface area contributed by atoms with Crippen LogP contribution in [-0.4, -0.2) is 14.3 Å². The Hall–Kier alpha value is -2.13. The SMILES string of the molecule is C[n+]1ccn2c1P(=O)(C(C)(C)C)c1n(cc[n+]1C)-c1ccccc1-2. The van der Waals surface area contributed by atoms with Gasteiger partial charge in [0.2, 0.25) is 0 Å². The molecule has 1 aliphatic rings. The number of aryl methyl sites for hydroxylation is 2. The van der Waals surface area contributed by atoms with Gasteiger partial charge in [0.15, 0.2) is 11.4 Å². The first-order chi connectivity index (χ1) is 11.3. The summed E-state index contributed by atoms with van der Waals surface area (Å²) in [5, 5.41) is -0.406. The van der Waals surface area contributed by atoms with Gasteiger partial charge in [-0.2, -0.15) is 9.13 Å². The van der Waals surface area contributed by atoms with Gasteiger partial charge in [0, 0.05) is 5.16 Å². The quantitative estimate of drug-likeness (QED) is 0.449. The number of benzene rings is 1. The smallest absolute Gasteiger partial charge is 0.297 e. The topological polar surface area (TPSA) is 34.7 Å². The second-order valence-corrected chi connectivity index (χ2v) is 10.8. The monoisotopic (exact) mass is 342 g/mol. The fourth-order valence-corrected chi connectivity index (χ4v) is 6.98. The molecule has 0 bridgehead atoms. The second-order valence-electron chi connectivity index (χ2n) is 7.43. The molecular weight excluding hydrogens is 319 g/mol. The van der Waals surface area contributed by atoms with Crippen molar-refractivity contribution in [3.8, 4) is 11.4 Å². The lowest BCUT2D eigenvalue weighted by Crippen LogP contribution is -2.56. The molecule has 0 aliphatic carbocycles. The van der Waals surface area contributed by atoms with Gasteiger partial charge < -0.3 is 0 Å². The van der Waals surface area contributed by atoms with E-state index in [9.17, 15) is 4.57 Å². The van der Waals surface area contributed by atoms with Crippen molar-refractivity contribution in [3.05, 3.63) is 49.1 Å². The van der Waals surface area contributed by atoms with Crippen LogP contribution in [0.3, 0.4) is 0 Å². The molecule has 3 heterocycles. The van der Waals surface area contributed by atoms with E-state index in [0.717, 1.165) is 22.5 Å². The van der Waals surface area contributed by atoms with Crippen molar-refractivity contribution in [2.24, 2.45) is 14.1 Å². The van der Waals surface area contributed by atoms with Crippen molar-refractivity contribution in [2.45, 2.75) is 25.9 Å². The van der Waals surface area contributed by atoms with Gasteiger partial charge in [-0.3, -0.25) is 4.57 Å². The third-order valence-corrected chi connectivity index (χ3v) is 8.93. The Morgan fingerprint density at radius 1 is 0.875 bits per heavy atom. The predicted molar refractivity (Wildman–Crippen MR) is 94.1 cm³/mol. The fraction of sp³-hybridized carbons (Fsp3) is 0.333. The van der Waals surface area contributed by atoms with Gasteiger partial charge >= 0.3 is 18.3 Å². The molecule has 0 saturated heterocycles. The number of rotatable bonds is 0. The highest BCUT2D eigenvalue weighted by atomic mass is 31.2. The zero-order chi connectivity index (χ0) is 17.3. The average molecular weight is 342 g/mol. The number of hydrogen-bond acceptors (Lipinski definition) is 1. The van der Waals surface area contributed by atoms with E-state index in [4.69, 9.17) is 0 Å². The van der Waals surface area contributed by atoms with E-state index in [1.54, 1.807) is 0 Å². The van der Waals surface area contributed by atoms with Crippen LogP contribution >= 0.6 is 7.14 Å². The lowest BCUT2D eigenvalue weighted by molar-refractivity contribution is -0.656. The van der Waals surface area contributed by atoms with Crippen molar-refractivity contribution in [1.29, 1.82) is 0 Å². The van der Waals surface area contributed by atoms with Crippen LogP contribution in [0.5, 0.6) is 0 Å². The van der Waals surface area contributed by atoms with Gasteiger partial charge in [-0.05, 0) is 12.1 Å². The summed E-state index contributed by atoms with van der Waals surface area (Å²) in [6.07, 6.45) is 8.00. The molecule has 0 amide bonds. The number of hydrogen-bond donors (Lipinski definition) is 0. The summed E-state index contributed by atoms with van der Waals surface area (Å²) >= 11 is 0. The largest absolute Gasteiger partial charge is 0.332 e. The van der Waals surface area contributed by atoms with Crippen LogP contribution in [0.15, 0.2) is 49.1 Å². The molecule has 1 aromatic carbocycles.